The summed E-state index contributed by atoms with van der Waals surface area (Å²) in [5.41, 5.74) is -0.318. The van der Waals surface area contributed by atoms with Crippen LogP contribution >= 0.6 is 22.6 Å². The fourth-order valence-electron chi connectivity index (χ4n) is 3.09. The molecule has 0 aromatic carbocycles. The Morgan fingerprint density at radius 3 is 2.88 bits per heavy atom. The molecule has 17 heavy (non-hydrogen) atoms. The Balaban J connectivity index is 2.11. The summed E-state index contributed by atoms with van der Waals surface area (Å²) in [7, 11) is 0. The van der Waals surface area contributed by atoms with Gasteiger partial charge in [-0.15, -0.1) is 0 Å². The Labute approximate surface area is 117 Å². The number of fused-ring (bicyclic) bond motifs is 1. The molecule has 1 unspecified atom stereocenters. The van der Waals surface area contributed by atoms with Gasteiger partial charge in [-0.05, 0) is 30.1 Å². The third-order valence-corrected chi connectivity index (χ3v) is 4.84. The van der Waals surface area contributed by atoms with Gasteiger partial charge in [0, 0.05) is 12.3 Å². The number of carbonyl (C=O) groups excluding carboxylic acids is 1. The molecule has 2 fully saturated rings. The van der Waals surface area contributed by atoms with Crippen LogP contribution in [0, 0.1) is 11.8 Å². The molecule has 2 saturated heterocycles. The molecule has 1 amide bonds. The lowest BCUT2D eigenvalue weighted by Gasteiger charge is -2.31. The zero-order valence-electron chi connectivity index (χ0n) is 10.9. The Hall–Kier alpha value is 0.160. The second kappa shape index (κ2) is 5.03. The molecular formula is C13H22INO2. The van der Waals surface area contributed by atoms with Gasteiger partial charge in [0.15, 0.2) is 0 Å². The summed E-state index contributed by atoms with van der Waals surface area (Å²) in [4.78, 5) is 14.5. The lowest BCUT2D eigenvalue weighted by Crippen LogP contribution is -2.45. The van der Waals surface area contributed by atoms with E-state index in [0.717, 1.165) is 23.7 Å². The van der Waals surface area contributed by atoms with Crippen LogP contribution in [0.15, 0.2) is 0 Å². The molecule has 2 aliphatic rings. The Kier molecular flexibility index (Phi) is 4.02. The first kappa shape index (κ1) is 13.6. The first-order valence-corrected chi connectivity index (χ1v) is 8.05. The number of hydrogen-bond donors (Lipinski definition) is 0. The van der Waals surface area contributed by atoms with Gasteiger partial charge in [-0.1, -0.05) is 36.4 Å². The summed E-state index contributed by atoms with van der Waals surface area (Å²) in [5.74, 6) is 0.994. The summed E-state index contributed by atoms with van der Waals surface area (Å²) >= 11 is 2.38. The molecule has 2 aliphatic heterocycles. The number of halogens is 1. The Bertz CT molecular complexity index is 308. The molecule has 0 spiro atoms. The predicted octanol–water partition coefficient (Wildman–Crippen LogP) is 2.82. The van der Waals surface area contributed by atoms with Crippen LogP contribution < -0.4 is 0 Å². The van der Waals surface area contributed by atoms with Gasteiger partial charge in [0.05, 0.1) is 12.6 Å². The third-order valence-electron chi connectivity index (χ3n) is 4.07. The van der Waals surface area contributed by atoms with E-state index < -0.39 is 0 Å². The van der Waals surface area contributed by atoms with Crippen LogP contribution in [-0.2, 0) is 9.53 Å². The number of nitrogens with zero attached hydrogens (tertiary/aromatic N) is 1. The number of hydrogen-bond acceptors (Lipinski definition) is 2. The molecule has 3 nitrogen and oxygen atoms in total. The van der Waals surface area contributed by atoms with E-state index >= 15 is 0 Å². The SMILES string of the molecule is CC(C)[C@H]1CO[C@]2(C)CC(CCCI)C(=O)N12. The van der Waals surface area contributed by atoms with Crippen LogP contribution in [0.3, 0.4) is 0 Å². The van der Waals surface area contributed by atoms with Crippen molar-refractivity contribution in [1.82, 2.24) is 4.90 Å². The molecule has 4 heteroatoms. The number of ether oxygens (including phenoxy) is 1. The van der Waals surface area contributed by atoms with Crippen molar-refractivity contribution in [3.05, 3.63) is 0 Å². The summed E-state index contributed by atoms with van der Waals surface area (Å²) in [6, 6.07) is 0.275. The second-order valence-electron chi connectivity index (χ2n) is 5.74. The van der Waals surface area contributed by atoms with E-state index in [1.807, 2.05) is 4.90 Å². The van der Waals surface area contributed by atoms with E-state index in [1.54, 1.807) is 0 Å². The first-order valence-electron chi connectivity index (χ1n) is 6.52. The van der Waals surface area contributed by atoms with Crippen LogP contribution in [0.4, 0.5) is 0 Å². The first-order chi connectivity index (χ1) is 7.99. The predicted molar refractivity (Wildman–Crippen MR) is 76.1 cm³/mol. The second-order valence-corrected chi connectivity index (χ2v) is 6.82. The minimum atomic E-state index is -0.318. The van der Waals surface area contributed by atoms with Gasteiger partial charge in [-0.3, -0.25) is 4.79 Å². The number of amides is 1. The average Bonchev–Trinajstić information content (AvgIpc) is 2.71. The monoisotopic (exact) mass is 351 g/mol. The molecule has 98 valence electrons. The van der Waals surface area contributed by atoms with Gasteiger partial charge < -0.3 is 9.64 Å². The lowest BCUT2D eigenvalue weighted by molar-refractivity contribution is -0.139. The highest BCUT2D eigenvalue weighted by Gasteiger charge is 2.55. The molecule has 2 rings (SSSR count). The summed E-state index contributed by atoms with van der Waals surface area (Å²) < 4.78 is 7.05. The van der Waals surface area contributed by atoms with Gasteiger partial charge in [0.1, 0.15) is 5.72 Å². The van der Waals surface area contributed by atoms with Gasteiger partial charge in [-0.2, -0.15) is 0 Å². The van der Waals surface area contributed by atoms with Crippen molar-refractivity contribution >= 4 is 28.5 Å². The van der Waals surface area contributed by atoms with Gasteiger partial charge in [-0.25, -0.2) is 0 Å². The van der Waals surface area contributed by atoms with Crippen molar-refractivity contribution in [1.29, 1.82) is 0 Å². The highest BCUT2D eigenvalue weighted by molar-refractivity contribution is 14.1. The average molecular weight is 351 g/mol. The van der Waals surface area contributed by atoms with Crippen molar-refractivity contribution in [2.45, 2.75) is 51.8 Å². The van der Waals surface area contributed by atoms with E-state index in [1.165, 1.54) is 0 Å². The smallest absolute Gasteiger partial charge is 0.228 e. The van der Waals surface area contributed by atoms with Gasteiger partial charge in [0.25, 0.3) is 0 Å². The molecule has 0 saturated carbocycles. The van der Waals surface area contributed by atoms with Crippen LogP contribution in [-0.4, -0.2) is 33.6 Å². The van der Waals surface area contributed by atoms with Crippen molar-refractivity contribution in [3.63, 3.8) is 0 Å². The highest BCUT2D eigenvalue weighted by atomic mass is 127. The molecule has 2 heterocycles. The number of rotatable bonds is 4. The Morgan fingerprint density at radius 2 is 2.29 bits per heavy atom. The molecular weight excluding hydrogens is 329 g/mol. The number of carbonyl (C=O) groups is 1. The Morgan fingerprint density at radius 1 is 1.59 bits per heavy atom. The maximum absolute atomic E-state index is 12.5. The van der Waals surface area contributed by atoms with Crippen molar-refractivity contribution in [2.24, 2.45) is 11.8 Å². The molecule has 0 aromatic heterocycles. The van der Waals surface area contributed by atoms with Crippen molar-refractivity contribution < 1.29 is 9.53 Å². The maximum Gasteiger partial charge on any atom is 0.228 e. The summed E-state index contributed by atoms with van der Waals surface area (Å²) in [6.07, 6.45) is 3.03. The molecule has 0 bridgehead atoms. The van der Waals surface area contributed by atoms with Gasteiger partial charge >= 0.3 is 0 Å². The largest absolute Gasteiger partial charge is 0.354 e. The maximum atomic E-state index is 12.5. The van der Waals surface area contributed by atoms with Crippen LogP contribution in [0.2, 0.25) is 0 Å². The molecule has 0 aromatic rings. The minimum Gasteiger partial charge on any atom is -0.354 e. The highest BCUT2D eigenvalue weighted by Crippen LogP contribution is 2.44. The fraction of sp³-hybridized carbons (Fsp3) is 0.923. The number of alkyl halides is 1. The standard InChI is InChI=1S/C13H22INO2/c1-9(2)11-8-17-13(3)7-10(5-4-6-14)12(16)15(11)13/h9-11H,4-8H2,1-3H3/t10?,11-,13-/m1/s1. The molecule has 0 aliphatic carbocycles. The zero-order chi connectivity index (χ0) is 12.6. The normalized spacial score (nSPS) is 37.0. The third kappa shape index (κ3) is 2.35. The van der Waals surface area contributed by atoms with Crippen LogP contribution in [0.5, 0.6) is 0 Å². The summed E-state index contributed by atoms with van der Waals surface area (Å²) in [6.45, 7) is 7.13. The fourth-order valence-corrected chi connectivity index (χ4v) is 3.53. The van der Waals surface area contributed by atoms with Crippen LogP contribution in [0.1, 0.15) is 40.0 Å². The van der Waals surface area contributed by atoms with Crippen molar-refractivity contribution in [3.8, 4) is 0 Å². The quantitative estimate of drug-likeness (QED) is 0.576. The van der Waals surface area contributed by atoms with E-state index in [0.29, 0.717) is 18.4 Å². The van der Waals surface area contributed by atoms with Crippen molar-refractivity contribution in [2.75, 3.05) is 11.0 Å². The molecule has 0 radical (unpaired) electrons. The van der Waals surface area contributed by atoms with E-state index in [2.05, 4.69) is 43.4 Å². The van der Waals surface area contributed by atoms with E-state index in [4.69, 9.17) is 4.74 Å². The van der Waals surface area contributed by atoms with Crippen LogP contribution in [0.25, 0.3) is 0 Å². The zero-order valence-corrected chi connectivity index (χ0v) is 13.1. The van der Waals surface area contributed by atoms with E-state index in [-0.39, 0.29) is 17.7 Å². The topological polar surface area (TPSA) is 29.5 Å². The summed E-state index contributed by atoms with van der Waals surface area (Å²) in [5, 5.41) is 0. The minimum absolute atomic E-state index is 0.191. The molecule has 0 N–H and O–H groups in total. The lowest BCUT2D eigenvalue weighted by atomic mass is 9.99. The van der Waals surface area contributed by atoms with E-state index in [9.17, 15) is 4.79 Å². The molecule has 3 atom stereocenters. The van der Waals surface area contributed by atoms with Gasteiger partial charge in [0.2, 0.25) is 5.91 Å².